The summed E-state index contributed by atoms with van der Waals surface area (Å²) in [4.78, 5) is 26.3. The van der Waals surface area contributed by atoms with Crippen molar-refractivity contribution in [3.8, 4) is 0 Å². The number of benzene rings is 1. The molecule has 1 saturated heterocycles. The molecule has 1 aromatic rings. The molecule has 0 saturated carbocycles. The normalized spacial score (nSPS) is 18.5. The van der Waals surface area contributed by atoms with Gasteiger partial charge in [-0.15, -0.1) is 0 Å². The summed E-state index contributed by atoms with van der Waals surface area (Å²) in [7, 11) is -1.60. The van der Waals surface area contributed by atoms with Crippen molar-refractivity contribution in [1.29, 1.82) is 0 Å². The van der Waals surface area contributed by atoms with Gasteiger partial charge in [0.25, 0.3) is 5.91 Å². The van der Waals surface area contributed by atoms with Crippen LogP contribution in [0.25, 0.3) is 0 Å². The zero-order chi connectivity index (χ0) is 17.0. The molecule has 0 radical (unpaired) electrons. The van der Waals surface area contributed by atoms with Crippen LogP contribution >= 0.6 is 0 Å². The number of nitrogens with one attached hydrogen (secondary N) is 1. The minimum atomic E-state index is -3.16. The van der Waals surface area contributed by atoms with Crippen LogP contribution in [0.2, 0.25) is 0 Å². The van der Waals surface area contributed by atoms with Gasteiger partial charge in [0.1, 0.15) is 6.04 Å². The fourth-order valence-corrected chi connectivity index (χ4v) is 3.66. The molecule has 0 bridgehead atoms. The van der Waals surface area contributed by atoms with E-state index in [1.807, 2.05) is 0 Å². The number of carbonyl (C=O) groups is 2. The SMILES string of the molecule is CNC(=O)[C@@H]1CCCCN1C(=O)c1cccc(CS(C)(=O)=O)c1. The van der Waals surface area contributed by atoms with Gasteiger partial charge < -0.3 is 10.2 Å². The first-order valence-corrected chi connectivity index (χ1v) is 9.67. The third kappa shape index (κ3) is 4.54. The van der Waals surface area contributed by atoms with Crippen LogP contribution in [0, 0.1) is 0 Å². The van der Waals surface area contributed by atoms with E-state index >= 15 is 0 Å². The highest BCUT2D eigenvalue weighted by atomic mass is 32.2. The van der Waals surface area contributed by atoms with Gasteiger partial charge in [0.2, 0.25) is 5.91 Å². The number of amides is 2. The van der Waals surface area contributed by atoms with Crippen LogP contribution in [0.3, 0.4) is 0 Å². The lowest BCUT2D eigenvalue weighted by Gasteiger charge is -2.34. The Balaban J connectivity index is 2.24. The van der Waals surface area contributed by atoms with Gasteiger partial charge in [0, 0.05) is 25.4 Å². The van der Waals surface area contributed by atoms with E-state index in [1.54, 1.807) is 36.2 Å². The van der Waals surface area contributed by atoms with E-state index in [9.17, 15) is 18.0 Å². The second-order valence-corrected chi connectivity index (χ2v) is 8.04. The molecule has 1 aliphatic heterocycles. The van der Waals surface area contributed by atoms with Crippen molar-refractivity contribution in [2.45, 2.75) is 31.1 Å². The highest BCUT2D eigenvalue weighted by Crippen LogP contribution is 2.20. The van der Waals surface area contributed by atoms with Crippen molar-refractivity contribution in [3.63, 3.8) is 0 Å². The van der Waals surface area contributed by atoms with Crippen molar-refractivity contribution in [2.24, 2.45) is 0 Å². The summed E-state index contributed by atoms with van der Waals surface area (Å²) in [5.74, 6) is -0.494. The summed E-state index contributed by atoms with van der Waals surface area (Å²) in [6.07, 6.45) is 3.58. The second-order valence-electron chi connectivity index (χ2n) is 5.89. The summed E-state index contributed by atoms with van der Waals surface area (Å²) in [6, 6.07) is 6.15. The number of sulfone groups is 1. The molecule has 1 aromatic carbocycles. The van der Waals surface area contributed by atoms with Gasteiger partial charge in [-0.1, -0.05) is 12.1 Å². The Kier molecular flexibility index (Phi) is 5.41. The summed E-state index contributed by atoms with van der Waals surface area (Å²) in [5.41, 5.74) is 0.994. The molecule has 1 aliphatic rings. The Hall–Kier alpha value is -1.89. The Labute approximate surface area is 136 Å². The van der Waals surface area contributed by atoms with Gasteiger partial charge in [0.15, 0.2) is 9.84 Å². The summed E-state index contributed by atoms with van der Waals surface area (Å²) in [5, 5.41) is 2.60. The Bertz CT molecular complexity index is 700. The predicted molar refractivity (Wildman–Crippen MR) is 87.7 cm³/mol. The fourth-order valence-electron chi connectivity index (χ4n) is 2.88. The minimum Gasteiger partial charge on any atom is -0.357 e. The maximum Gasteiger partial charge on any atom is 0.254 e. The number of rotatable bonds is 4. The molecule has 1 atom stereocenters. The van der Waals surface area contributed by atoms with E-state index in [1.165, 1.54) is 0 Å². The standard InChI is InChI=1S/C16H22N2O4S/c1-17-15(19)14-8-3-4-9-18(14)16(20)13-7-5-6-12(10-13)11-23(2,21)22/h5-7,10,14H,3-4,8-9,11H2,1-2H3,(H,17,19)/t14-/m0/s1. The smallest absolute Gasteiger partial charge is 0.254 e. The first kappa shape index (κ1) is 17.5. The fraction of sp³-hybridized carbons (Fsp3) is 0.500. The Morgan fingerprint density at radius 3 is 2.70 bits per heavy atom. The van der Waals surface area contributed by atoms with Gasteiger partial charge in [-0.25, -0.2) is 8.42 Å². The highest BCUT2D eigenvalue weighted by molar-refractivity contribution is 7.89. The monoisotopic (exact) mass is 338 g/mol. The molecule has 1 heterocycles. The molecule has 23 heavy (non-hydrogen) atoms. The third-order valence-electron chi connectivity index (χ3n) is 3.92. The van der Waals surface area contributed by atoms with Crippen LogP contribution < -0.4 is 5.32 Å². The van der Waals surface area contributed by atoms with Crippen LogP contribution in [0.15, 0.2) is 24.3 Å². The number of piperidine rings is 1. The largest absolute Gasteiger partial charge is 0.357 e. The summed E-state index contributed by atoms with van der Waals surface area (Å²) < 4.78 is 22.8. The Morgan fingerprint density at radius 1 is 1.30 bits per heavy atom. The first-order chi connectivity index (χ1) is 10.8. The molecule has 7 heteroatoms. The van der Waals surface area contributed by atoms with Crippen molar-refractivity contribution >= 4 is 21.7 Å². The van der Waals surface area contributed by atoms with E-state index in [0.29, 0.717) is 24.1 Å². The molecule has 0 spiro atoms. The van der Waals surface area contributed by atoms with Crippen LogP contribution in [0.1, 0.15) is 35.2 Å². The van der Waals surface area contributed by atoms with Crippen molar-refractivity contribution < 1.29 is 18.0 Å². The topological polar surface area (TPSA) is 83.6 Å². The molecular formula is C16H22N2O4S. The van der Waals surface area contributed by atoms with E-state index in [2.05, 4.69) is 5.32 Å². The average Bonchev–Trinajstić information content (AvgIpc) is 2.52. The molecule has 2 amide bonds. The number of carbonyl (C=O) groups excluding carboxylic acids is 2. The molecule has 1 fully saturated rings. The summed E-state index contributed by atoms with van der Waals surface area (Å²) >= 11 is 0. The van der Waals surface area contributed by atoms with Crippen molar-refractivity contribution in [3.05, 3.63) is 35.4 Å². The molecular weight excluding hydrogens is 316 g/mol. The number of nitrogens with zero attached hydrogens (tertiary/aromatic N) is 1. The first-order valence-electron chi connectivity index (χ1n) is 7.61. The molecule has 6 nitrogen and oxygen atoms in total. The maximum absolute atomic E-state index is 12.7. The molecule has 0 unspecified atom stereocenters. The van der Waals surface area contributed by atoms with Crippen molar-refractivity contribution in [2.75, 3.05) is 19.8 Å². The number of hydrogen-bond donors (Lipinski definition) is 1. The van der Waals surface area contributed by atoms with Gasteiger partial charge >= 0.3 is 0 Å². The molecule has 126 valence electrons. The van der Waals surface area contributed by atoms with Gasteiger partial charge in [-0.3, -0.25) is 9.59 Å². The van der Waals surface area contributed by atoms with E-state index < -0.39 is 15.9 Å². The predicted octanol–water partition coefficient (Wildman–Crippen LogP) is 0.972. The lowest BCUT2D eigenvalue weighted by molar-refractivity contribution is -0.126. The van der Waals surface area contributed by atoms with Gasteiger partial charge in [-0.2, -0.15) is 0 Å². The lowest BCUT2D eigenvalue weighted by atomic mass is 9.99. The second kappa shape index (κ2) is 7.12. The Morgan fingerprint density at radius 2 is 2.04 bits per heavy atom. The molecule has 0 aromatic heterocycles. The number of likely N-dealkylation sites (tertiary alicyclic amines) is 1. The average molecular weight is 338 g/mol. The summed E-state index contributed by atoms with van der Waals surface area (Å²) in [6.45, 7) is 0.535. The van der Waals surface area contributed by atoms with Crippen molar-refractivity contribution in [1.82, 2.24) is 10.2 Å². The number of likely N-dealkylation sites (N-methyl/N-ethyl adjacent to an activating group) is 1. The van der Waals surface area contributed by atoms with E-state index in [4.69, 9.17) is 0 Å². The van der Waals surface area contributed by atoms with Crippen LogP contribution in [0.4, 0.5) is 0 Å². The number of hydrogen-bond acceptors (Lipinski definition) is 4. The van der Waals surface area contributed by atoms with Gasteiger partial charge in [-0.05, 0) is 37.0 Å². The molecule has 1 N–H and O–H groups in total. The van der Waals surface area contributed by atoms with Gasteiger partial charge in [0.05, 0.1) is 5.75 Å². The van der Waals surface area contributed by atoms with E-state index in [0.717, 1.165) is 19.1 Å². The van der Waals surface area contributed by atoms with E-state index in [-0.39, 0.29) is 17.6 Å². The maximum atomic E-state index is 12.7. The molecule has 0 aliphatic carbocycles. The van der Waals surface area contributed by atoms with Crippen LogP contribution in [-0.4, -0.2) is 51.0 Å². The van der Waals surface area contributed by atoms with Crippen LogP contribution in [0.5, 0.6) is 0 Å². The molecule has 2 rings (SSSR count). The quantitative estimate of drug-likeness (QED) is 0.887. The van der Waals surface area contributed by atoms with Crippen LogP contribution in [-0.2, 0) is 20.4 Å². The third-order valence-corrected chi connectivity index (χ3v) is 4.77. The zero-order valence-electron chi connectivity index (χ0n) is 13.4. The minimum absolute atomic E-state index is 0.104. The lowest BCUT2D eigenvalue weighted by Crippen LogP contribution is -2.51. The zero-order valence-corrected chi connectivity index (χ0v) is 14.2. The highest BCUT2D eigenvalue weighted by Gasteiger charge is 2.32.